The Kier molecular flexibility index (Phi) is 6.63. The highest BCUT2D eigenvalue weighted by Gasteiger charge is 2.09. The van der Waals surface area contributed by atoms with Crippen LogP contribution < -0.4 is 10.1 Å². The molecule has 1 rings (SSSR count). The lowest BCUT2D eigenvalue weighted by molar-refractivity contribution is -0.116. The van der Waals surface area contributed by atoms with E-state index in [0.717, 1.165) is 6.42 Å². The zero-order valence-electron chi connectivity index (χ0n) is 11.6. The lowest BCUT2D eigenvalue weighted by atomic mass is 10.1. The summed E-state index contributed by atoms with van der Waals surface area (Å²) >= 11 is 0. The molecule has 20 heavy (non-hydrogen) atoms. The standard InChI is InChI=1S/C16H18N2O2/c1-3-9-18-16(19)14(12-17)11-13-7-5-6-8-15(13)20-10-4-2/h3,5-8,11H,1,4,9-10H2,2H3,(H,18,19)/b14-11+. The van der Waals surface area contributed by atoms with Crippen LogP contribution >= 0.6 is 0 Å². The minimum atomic E-state index is -0.419. The van der Waals surface area contributed by atoms with Gasteiger partial charge >= 0.3 is 0 Å². The average Bonchev–Trinajstić information content (AvgIpc) is 2.49. The van der Waals surface area contributed by atoms with Crippen molar-refractivity contribution in [2.24, 2.45) is 0 Å². The summed E-state index contributed by atoms with van der Waals surface area (Å²) in [7, 11) is 0. The van der Waals surface area contributed by atoms with Crippen LogP contribution in [-0.4, -0.2) is 19.1 Å². The molecule has 1 amide bonds. The number of hydrogen-bond acceptors (Lipinski definition) is 3. The number of rotatable bonds is 7. The second kappa shape index (κ2) is 8.54. The lowest BCUT2D eigenvalue weighted by Gasteiger charge is -2.08. The topological polar surface area (TPSA) is 62.1 Å². The molecule has 1 N–H and O–H groups in total. The van der Waals surface area contributed by atoms with Crippen molar-refractivity contribution in [3.63, 3.8) is 0 Å². The predicted molar refractivity (Wildman–Crippen MR) is 79.0 cm³/mol. The van der Waals surface area contributed by atoms with E-state index >= 15 is 0 Å². The van der Waals surface area contributed by atoms with Gasteiger partial charge in [-0.05, 0) is 18.6 Å². The van der Waals surface area contributed by atoms with Gasteiger partial charge in [0.25, 0.3) is 5.91 Å². The summed E-state index contributed by atoms with van der Waals surface area (Å²) in [5, 5.41) is 11.7. The van der Waals surface area contributed by atoms with Gasteiger partial charge in [0.2, 0.25) is 0 Å². The number of carbonyl (C=O) groups is 1. The number of benzene rings is 1. The van der Waals surface area contributed by atoms with E-state index in [2.05, 4.69) is 11.9 Å². The molecule has 0 radical (unpaired) electrons. The highest BCUT2D eigenvalue weighted by Crippen LogP contribution is 2.21. The molecule has 0 saturated carbocycles. The van der Waals surface area contributed by atoms with Gasteiger partial charge in [-0.2, -0.15) is 5.26 Å². The van der Waals surface area contributed by atoms with Crippen LogP contribution in [0.4, 0.5) is 0 Å². The molecule has 0 atom stereocenters. The van der Waals surface area contributed by atoms with E-state index in [1.807, 2.05) is 37.3 Å². The maximum Gasteiger partial charge on any atom is 0.262 e. The van der Waals surface area contributed by atoms with Crippen LogP contribution in [0.2, 0.25) is 0 Å². The molecular formula is C16H18N2O2. The van der Waals surface area contributed by atoms with Crippen molar-refractivity contribution in [2.75, 3.05) is 13.2 Å². The zero-order valence-corrected chi connectivity index (χ0v) is 11.6. The normalized spacial score (nSPS) is 10.5. The Labute approximate surface area is 119 Å². The molecule has 1 aromatic carbocycles. The minimum Gasteiger partial charge on any atom is -0.493 e. The molecule has 4 heteroatoms. The average molecular weight is 270 g/mol. The Morgan fingerprint density at radius 1 is 1.50 bits per heavy atom. The quantitative estimate of drug-likeness (QED) is 0.470. The number of nitriles is 1. The van der Waals surface area contributed by atoms with E-state index in [0.29, 0.717) is 24.5 Å². The largest absolute Gasteiger partial charge is 0.493 e. The third-order valence-corrected chi connectivity index (χ3v) is 2.45. The first-order valence-electron chi connectivity index (χ1n) is 6.45. The van der Waals surface area contributed by atoms with Gasteiger partial charge in [0.05, 0.1) is 6.61 Å². The molecule has 0 fully saturated rings. The molecule has 4 nitrogen and oxygen atoms in total. The predicted octanol–water partition coefficient (Wildman–Crippen LogP) is 2.68. The lowest BCUT2D eigenvalue weighted by Crippen LogP contribution is -2.24. The molecule has 0 aliphatic rings. The molecule has 1 aromatic rings. The smallest absolute Gasteiger partial charge is 0.262 e. The van der Waals surface area contributed by atoms with Gasteiger partial charge in [0.15, 0.2) is 0 Å². The van der Waals surface area contributed by atoms with Crippen LogP contribution in [0.1, 0.15) is 18.9 Å². The number of ether oxygens (including phenoxy) is 1. The van der Waals surface area contributed by atoms with Crippen molar-refractivity contribution in [3.8, 4) is 11.8 Å². The Balaban J connectivity index is 2.97. The van der Waals surface area contributed by atoms with Gasteiger partial charge < -0.3 is 10.1 Å². The van der Waals surface area contributed by atoms with Gasteiger partial charge in [-0.1, -0.05) is 31.2 Å². The third kappa shape index (κ3) is 4.62. The Morgan fingerprint density at radius 2 is 2.25 bits per heavy atom. The maximum atomic E-state index is 11.8. The van der Waals surface area contributed by atoms with Gasteiger partial charge in [-0.15, -0.1) is 6.58 Å². The van der Waals surface area contributed by atoms with Gasteiger partial charge in [0.1, 0.15) is 17.4 Å². The molecule has 0 saturated heterocycles. The van der Waals surface area contributed by atoms with Crippen LogP contribution in [0, 0.1) is 11.3 Å². The molecular weight excluding hydrogens is 252 g/mol. The summed E-state index contributed by atoms with van der Waals surface area (Å²) in [4.78, 5) is 11.8. The van der Waals surface area contributed by atoms with E-state index in [4.69, 9.17) is 10.00 Å². The van der Waals surface area contributed by atoms with Crippen molar-refractivity contribution >= 4 is 12.0 Å². The maximum absolute atomic E-state index is 11.8. The van der Waals surface area contributed by atoms with E-state index in [-0.39, 0.29) is 5.57 Å². The Bertz CT molecular complexity index is 542. The zero-order chi connectivity index (χ0) is 14.8. The number of nitrogens with one attached hydrogen (secondary N) is 1. The third-order valence-electron chi connectivity index (χ3n) is 2.45. The van der Waals surface area contributed by atoms with E-state index < -0.39 is 5.91 Å². The Morgan fingerprint density at radius 3 is 2.90 bits per heavy atom. The fourth-order valence-corrected chi connectivity index (χ4v) is 1.51. The fraction of sp³-hybridized carbons (Fsp3) is 0.250. The number of carbonyl (C=O) groups excluding carboxylic acids is 1. The van der Waals surface area contributed by atoms with Crippen LogP contribution in [0.3, 0.4) is 0 Å². The van der Waals surface area contributed by atoms with E-state index in [1.165, 1.54) is 6.08 Å². The first-order chi connectivity index (χ1) is 9.72. The molecule has 0 aromatic heterocycles. The fourth-order valence-electron chi connectivity index (χ4n) is 1.51. The van der Waals surface area contributed by atoms with Crippen LogP contribution in [0.5, 0.6) is 5.75 Å². The summed E-state index contributed by atoms with van der Waals surface area (Å²) in [5.41, 5.74) is 0.755. The molecule has 0 unspecified atom stereocenters. The van der Waals surface area contributed by atoms with Crippen molar-refractivity contribution in [2.45, 2.75) is 13.3 Å². The minimum absolute atomic E-state index is 0.0411. The van der Waals surface area contributed by atoms with E-state index in [9.17, 15) is 4.79 Å². The van der Waals surface area contributed by atoms with Crippen molar-refractivity contribution in [1.82, 2.24) is 5.32 Å². The van der Waals surface area contributed by atoms with Gasteiger partial charge in [-0.3, -0.25) is 4.79 Å². The molecule has 0 aliphatic carbocycles. The van der Waals surface area contributed by atoms with Crippen LogP contribution in [-0.2, 0) is 4.79 Å². The number of para-hydroxylation sites is 1. The van der Waals surface area contributed by atoms with Crippen molar-refractivity contribution < 1.29 is 9.53 Å². The molecule has 0 bridgehead atoms. The number of nitrogens with zero attached hydrogens (tertiary/aromatic N) is 1. The van der Waals surface area contributed by atoms with Crippen molar-refractivity contribution in [1.29, 1.82) is 5.26 Å². The Hall–Kier alpha value is -2.54. The SMILES string of the molecule is C=CCNC(=O)/C(C#N)=C/c1ccccc1OCCC. The first kappa shape index (κ1) is 15.5. The summed E-state index contributed by atoms with van der Waals surface area (Å²) in [6.45, 7) is 6.45. The molecule has 0 spiro atoms. The van der Waals surface area contributed by atoms with Crippen molar-refractivity contribution in [3.05, 3.63) is 48.1 Å². The first-order valence-corrected chi connectivity index (χ1v) is 6.45. The summed E-state index contributed by atoms with van der Waals surface area (Å²) in [5.74, 6) is 0.247. The van der Waals surface area contributed by atoms with Gasteiger partial charge in [-0.25, -0.2) is 0 Å². The highest BCUT2D eigenvalue weighted by molar-refractivity contribution is 6.02. The number of amides is 1. The van der Waals surface area contributed by atoms with E-state index in [1.54, 1.807) is 6.08 Å². The van der Waals surface area contributed by atoms with Crippen LogP contribution in [0.15, 0.2) is 42.5 Å². The molecule has 0 aliphatic heterocycles. The van der Waals surface area contributed by atoms with Crippen LogP contribution in [0.25, 0.3) is 6.08 Å². The second-order valence-electron chi connectivity index (χ2n) is 4.05. The summed E-state index contributed by atoms with van der Waals surface area (Å²) < 4.78 is 5.59. The summed E-state index contributed by atoms with van der Waals surface area (Å²) in [6, 6.07) is 9.22. The molecule has 0 heterocycles. The summed E-state index contributed by atoms with van der Waals surface area (Å²) in [6.07, 6.45) is 3.98. The number of hydrogen-bond donors (Lipinski definition) is 1. The second-order valence-corrected chi connectivity index (χ2v) is 4.05. The monoisotopic (exact) mass is 270 g/mol. The highest BCUT2D eigenvalue weighted by atomic mass is 16.5. The van der Waals surface area contributed by atoms with Gasteiger partial charge in [0, 0.05) is 12.1 Å². The molecule has 104 valence electrons.